The van der Waals surface area contributed by atoms with Crippen molar-refractivity contribution >= 4 is 17.6 Å². The van der Waals surface area contributed by atoms with Crippen LogP contribution in [0, 0.1) is 23.2 Å². The number of aliphatic hydroxyl groups is 3. The number of carbonyl (C=O) groups is 2. The molecule has 5 aliphatic carbocycles. The Morgan fingerprint density at radius 2 is 1.79 bits per heavy atom. The third-order valence-electron chi connectivity index (χ3n) is 12.7. The lowest BCUT2D eigenvalue weighted by Gasteiger charge is -2.71. The number of anilines is 1. The van der Waals surface area contributed by atoms with Crippen molar-refractivity contribution in [1.82, 2.24) is 4.90 Å². The average Bonchev–Trinajstić information content (AvgIpc) is 3.36. The summed E-state index contributed by atoms with van der Waals surface area (Å²) in [5, 5.41) is 41.5. The van der Waals surface area contributed by atoms with Gasteiger partial charge < -0.3 is 39.6 Å². The molecule has 12 atom stereocenters. The zero-order valence-electron chi connectivity index (χ0n) is 25.5. The van der Waals surface area contributed by atoms with Gasteiger partial charge in [0.1, 0.15) is 22.4 Å². The molecule has 1 amide bonds. The lowest BCUT2D eigenvalue weighted by molar-refractivity contribution is -0.369. The van der Waals surface area contributed by atoms with Crippen LogP contribution in [0.5, 0.6) is 0 Å². The van der Waals surface area contributed by atoms with Gasteiger partial charge in [0.25, 0.3) is 0 Å². The van der Waals surface area contributed by atoms with E-state index in [1.165, 1.54) is 6.92 Å². The van der Waals surface area contributed by atoms with Crippen molar-refractivity contribution in [2.75, 3.05) is 39.7 Å². The highest BCUT2D eigenvalue weighted by atomic mass is 16.6. The maximum absolute atomic E-state index is 14.0. The van der Waals surface area contributed by atoms with E-state index < -0.39 is 63.9 Å². The van der Waals surface area contributed by atoms with Gasteiger partial charge in [-0.05, 0) is 44.4 Å². The quantitative estimate of drug-likeness (QED) is 0.338. The summed E-state index contributed by atoms with van der Waals surface area (Å²) in [6.45, 7) is 4.30. The molecular formula is C32H44N2O9. The second kappa shape index (κ2) is 9.45. The SMILES string of the molecule is CCN1C[C@]2(OC(=O)c3ccccc3NC(C)=O)CC[C@H](OC)C34C1C(O)(C[C@@H]32)[C@@]1(O)C[C@H](OC)[C@H]2C[C@@H]4[C@]1(O)[C@H]2OC. The lowest BCUT2D eigenvalue weighted by Crippen LogP contribution is -2.87. The molecule has 4 N–H and O–H groups in total. The number of amides is 1. The molecular weight excluding hydrogens is 556 g/mol. The highest BCUT2D eigenvalue weighted by Gasteiger charge is 2.93. The number of methoxy groups -OCH3 is 3. The number of ether oxygens (including phenoxy) is 4. The topological polar surface area (TPSA) is 147 Å². The molecule has 5 saturated carbocycles. The van der Waals surface area contributed by atoms with Crippen LogP contribution in [0.25, 0.3) is 0 Å². The van der Waals surface area contributed by atoms with Crippen LogP contribution in [0.3, 0.4) is 0 Å². The van der Waals surface area contributed by atoms with Crippen molar-refractivity contribution < 1.29 is 43.9 Å². The summed E-state index contributed by atoms with van der Waals surface area (Å²) in [6.07, 6.45) is 0.245. The van der Waals surface area contributed by atoms with Crippen molar-refractivity contribution in [2.24, 2.45) is 23.2 Å². The van der Waals surface area contributed by atoms with Gasteiger partial charge in [0.15, 0.2) is 0 Å². The van der Waals surface area contributed by atoms with Crippen molar-refractivity contribution in [2.45, 2.75) is 92.7 Å². The summed E-state index contributed by atoms with van der Waals surface area (Å²) >= 11 is 0. The number of nitrogens with zero attached hydrogens (tertiary/aromatic N) is 1. The Labute approximate surface area is 251 Å². The molecule has 6 aliphatic rings. The molecule has 1 heterocycles. The monoisotopic (exact) mass is 600 g/mol. The van der Waals surface area contributed by atoms with E-state index in [2.05, 4.69) is 10.2 Å². The molecule has 11 nitrogen and oxygen atoms in total. The van der Waals surface area contributed by atoms with Gasteiger partial charge in [-0.2, -0.15) is 0 Å². The molecule has 236 valence electrons. The van der Waals surface area contributed by atoms with Crippen LogP contribution in [0.15, 0.2) is 24.3 Å². The molecule has 0 radical (unpaired) electrons. The zero-order chi connectivity index (χ0) is 30.7. The number of carbonyl (C=O) groups excluding carboxylic acids is 2. The number of esters is 1. The van der Waals surface area contributed by atoms with Gasteiger partial charge in [-0.25, -0.2) is 4.79 Å². The Morgan fingerprint density at radius 3 is 2.44 bits per heavy atom. The molecule has 1 saturated heterocycles. The second-order valence-electron chi connectivity index (χ2n) is 13.9. The standard InChI is InChI=1S/C32H44N2O9/c1-6-34-16-28(43-26(36)18-9-7-8-10-20(18)33-17(2)35)12-11-24(41-4)31-22-13-19-21(40-3)14-30(38,32(22,39)25(19)42-5)29(37,27(31)34)15-23(28)31/h7-10,19,21-25,27,37-39H,6,11-16H2,1-5H3,(H,33,35)/t19-,21+,22+,23-,24+,25+,27?,28-,29?,30+,31?,32+/m1/s1. The van der Waals surface area contributed by atoms with Crippen LogP contribution in [0.4, 0.5) is 5.69 Å². The smallest absolute Gasteiger partial charge is 0.340 e. The first-order valence-electron chi connectivity index (χ1n) is 15.5. The predicted octanol–water partition coefficient (Wildman–Crippen LogP) is 1.34. The van der Waals surface area contributed by atoms with Crippen molar-refractivity contribution in [3.05, 3.63) is 29.8 Å². The first-order valence-corrected chi connectivity index (χ1v) is 15.5. The van der Waals surface area contributed by atoms with Crippen LogP contribution < -0.4 is 5.32 Å². The number of rotatable bonds is 7. The van der Waals surface area contributed by atoms with E-state index in [0.717, 1.165) is 0 Å². The molecule has 11 heteroatoms. The molecule has 6 fully saturated rings. The summed E-state index contributed by atoms with van der Waals surface area (Å²) in [4.78, 5) is 28.1. The Morgan fingerprint density at radius 1 is 1.05 bits per heavy atom. The number of hydrogen-bond donors (Lipinski definition) is 4. The first-order chi connectivity index (χ1) is 20.4. The van der Waals surface area contributed by atoms with E-state index in [1.54, 1.807) is 45.6 Å². The molecule has 0 aromatic heterocycles. The molecule has 1 aromatic rings. The van der Waals surface area contributed by atoms with Crippen molar-refractivity contribution in [3.8, 4) is 0 Å². The zero-order valence-corrected chi connectivity index (χ0v) is 25.5. The maximum atomic E-state index is 14.0. The fourth-order valence-corrected chi connectivity index (χ4v) is 11.6. The Bertz CT molecular complexity index is 1340. The summed E-state index contributed by atoms with van der Waals surface area (Å²) < 4.78 is 24.8. The number of para-hydroxylation sites is 1. The van der Waals surface area contributed by atoms with Gasteiger partial charge in [-0.3, -0.25) is 9.69 Å². The van der Waals surface area contributed by atoms with Gasteiger partial charge in [0.05, 0.1) is 35.6 Å². The van der Waals surface area contributed by atoms with Crippen molar-refractivity contribution in [1.29, 1.82) is 0 Å². The van der Waals surface area contributed by atoms with Gasteiger partial charge in [0.2, 0.25) is 5.91 Å². The number of nitrogens with one attached hydrogen (secondary N) is 1. The number of hydrogen-bond acceptors (Lipinski definition) is 10. The van der Waals surface area contributed by atoms with E-state index in [1.807, 2.05) is 6.92 Å². The van der Waals surface area contributed by atoms with Crippen LogP contribution in [-0.2, 0) is 23.7 Å². The van der Waals surface area contributed by atoms with Crippen molar-refractivity contribution in [3.63, 3.8) is 0 Å². The van der Waals surface area contributed by atoms with Crippen LogP contribution in [-0.4, -0.2) is 113 Å². The third kappa shape index (κ3) is 3.24. The largest absolute Gasteiger partial charge is 0.454 e. The van der Waals surface area contributed by atoms with Crippen LogP contribution in [0.1, 0.15) is 56.3 Å². The highest BCUT2D eigenvalue weighted by molar-refractivity contribution is 6.00. The maximum Gasteiger partial charge on any atom is 0.340 e. The van der Waals surface area contributed by atoms with E-state index >= 15 is 0 Å². The van der Waals surface area contributed by atoms with E-state index in [4.69, 9.17) is 18.9 Å². The summed E-state index contributed by atoms with van der Waals surface area (Å²) in [5.41, 5.74) is -6.72. The minimum Gasteiger partial charge on any atom is -0.454 e. The molecule has 1 aromatic carbocycles. The number of likely N-dealkylation sites (N-methyl/N-ethyl adjacent to an activating group) is 1. The number of likely N-dealkylation sites (tertiary alicyclic amines) is 1. The molecule has 7 rings (SSSR count). The Balaban J connectivity index is 1.41. The Kier molecular flexibility index (Phi) is 6.50. The van der Waals surface area contributed by atoms with Gasteiger partial charge in [0, 0.05) is 64.4 Å². The minimum atomic E-state index is -1.93. The van der Waals surface area contributed by atoms with E-state index in [-0.39, 0.29) is 36.3 Å². The average molecular weight is 601 g/mol. The summed E-state index contributed by atoms with van der Waals surface area (Å²) in [5.74, 6) is -1.97. The summed E-state index contributed by atoms with van der Waals surface area (Å²) in [7, 11) is 4.82. The van der Waals surface area contributed by atoms with E-state index in [9.17, 15) is 24.9 Å². The van der Waals surface area contributed by atoms with Crippen LogP contribution in [0.2, 0.25) is 0 Å². The fourth-order valence-electron chi connectivity index (χ4n) is 11.6. The van der Waals surface area contributed by atoms with Gasteiger partial charge in [-0.1, -0.05) is 19.1 Å². The molecule has 1 aliphatic heterocycles. The highest BCUT2D eigenvalue weighted by Crippen LogP contribution is 2.80. The van der Waals surface area contributed by atoms with E-state index in [0.29, 0.717) is 38.0 Å². The fraction of sp³-hybridized carbons (Fsp3) is 0.750. The Hall–Kier alpha value is -2.12. The first kappa shape index (κ1) is 29.6. The second-order valence-corrected chi connectivity index (χ2v) is 13.9. The molecule has 3 unspecified atom stereocenters. The molecule has 7 bridgehead atoms. The van der Waals surface area contributed by atoms with Gasteiger partial charge >= 0.3 is 5.97 Å². The third-order valence-corrected chi connectivity index (χ3v) is 12.7. The molecule has 43 heavy (non-hydrogen) atoms. The normalized spacial score (nSPS) is 49.1. The predicted molar refractivity (Wildman–Crippen MR) is 153 cm³/mol. The number of benzene rings is 1. The number of piperidine rings is 1. The molecule has 1 spiro atoms. The number of fused-ring (bicyclic) bond motifs is 2. The lowest BCUT2D eigenvalue weighted by atomic mass is 9.43. The van der Waals surface area contributed by atoms with Gasteiger partial charge in [-0.15, -0.1) is 0 Å². The minimum absolute atomic E-state index is 0.0723. The summed E-state index contributed by atoms with van der Waals surface area (Å²) in [6, 6.07) is 6.23. The van der Waals surface area contributed by atoms with Crippen LogP contribution >= 0.6 is 0 Å².